The minimum atomic E-state index is -0.585. The van der Waals surface area contributed by atoms with E-state index < -0.39 is 6.04 Å². The van der Waals surface area contributed by atoms with E-state index in [4.69, 9.17) is 23.8 Å². The first-order valence-corrected chi connectivity index (χ1v) is 9.42. The van der Waals surface area contributed by atoms with Gasteiger partial charge in [0.15, 0.2) is 5.11 Å². The Bertz CT molecular complexity index is 842. The molecule has 0 aromatic heterocycles. The molecule has 7 heteroatoms. The fourth-order valence-electron chi connectivity index (χ4n) is 3.04. The lowest BCUT2D eigenvalue weighted by atomic mass is 10.1. The Morgan fingerprint density at radius 3 is 2.48 bits per heavy atom. The maximum absolute atomic E-state index is 12.6. The van der Waals surface area contributed by atoms with Crippen LogP contribution in [0.2, 0.25) is 5.02 Å². The van der Waals surface area contributed by atoms with Crippen molar-refractivity contribution in [2.75, 3.05) is 18.9 Å². The number of hydrogen-bond donors (Lipinski definition) is 1. The minimum Gasteiger partial charge on any atom is -0.336 e. The van der Waals surface area contributed by atoms with Crippen LogP contribution in [0.1, 0.15) is 12.0 Å². The second-order valence-electron chi connectivity index (χ2n) is 6.38. The topological polar surface area (TPSA) is 52.7 Å². The van der Waals surface area contributed by atoms with Gasteiger partial charge in [-0.3, -0.25) is 14.5 Å². The molecule has 1 saturated heterocycles. The normalized spacial score (nSPS) is 16.7. The number of benzene rings is 2. The predicted octanol–water partition coefficient (Wildman–Crippen LogP) is 3.34. The van der Waals surface area contributed by atoms with Gasteiger partial charge >= 0.3 is 0 Å². The molecule has 2 amide bonds. The van der Waals surface area contributed by atoms with Crippen molar-refractivity contribution in [3.05, 3.63) is 65.2 Å². The van der Waals surface area contributed by atoms with Gasteiger partial charge in [0.25, 0.3) is 5.91 Å². The van der Waals surface area contributed by atoms with Gasteiger partial charge in [-0.2, -0.15) is 0 Å². The van der Waals surface area contributed by atoms with E-state index in [1.807, 2.05) is 59.5 Å². The van der Waals surface area contributed by atoms with Crippen molar-refractivity contribution in [2.24, 2.45) is 0 Å². The van der Waals surface area contributed by atoms with Crippen molar-refractivity contribution in [3.8, 4) is 0 Å². The first kappa shape index (κ1) is 19.3. The molecule has 0 aliphatic carbocycles. The van der Waals surface area contributed by atoms with E-state index in [1.165, 1.54) is 4.90 Å². The summed E-state index contributed by atoms with van der Waals surface area (Å²) in [7, 11) is 1.65. The number of amides is 2. The van der Waals surface area contributed by atoms with Gasteiger partial charge < -0.3 is 10.2 Å². The van der Waals surface area contributed by atoms with Gasteiger partial charge in [-0.15, -0.1) is 0 Å². The molecule has 0 spiro atoms. The third-order valence-electron chi connectivity index (χ3n) is 4.52. The van der Waals surface area contributed by atoms with E-state index in [0.717, 1.165) is 5.56 Å². The minimum absolute atomic E-state index is 0.0544. The summed E-state index contributed by atoms with van der Waals surface area (Å²) in [5.41, 5.74) is 1.80. The smallest absolute Gasteiger partial charge is 0.251 e. The molecule has 140 valence electrons. The summed E-state index contributed by atoms with van der Waals surface area (Å²) in [6, 6.07) is 16.2. The molecule has 27 heavy (non-hydrogen) atoms. The van der Waals surface area contributed by atoms with Crippen molar-refractivity contribution < 1.29 is 9.59 Å². The van der Waals surface area contributed by atoms with E-state index in [2.05, 4.69) is 5.32 Å². The zero-order chi connectivity index (χ0) is 19.4. The number of carbonyl (C=O) groups excluding carboxylic acids is 2. The van der Waals surface area contributed by atoms with Crippen molar-refractivity contribution in [3.63, 3.8) is 0 Å². The van der Waals surface area contributed by atoms with Crippen LogP contribution in [0.3, 0.4) is 0 Å². The first-order valence-electron chi connectivity index (χ1n) is 8.63. The predicted molar refractivity (Wildman–Crippen MR) is 111 cm³/mol. The molecular weight excluding hydrogens is 382 g/mol. The molecule has 0 radical (unpaired) electrons. The SMILES string of the molecule is CN1C(=O)C(CC(=O)Nc2ccccc2)N(CCc2ccc(Cl)cc2)C1=S. The zero-order valence-electron chi connectivity index (χ0n) is 14.9. The van der Waals surface area contributed by atoms with Gasteiger partial charge in [-0.05, 0) is 48.5 Å². The number of carbonyl (C=O) groups is 2. The molecule has 1 aliphatic heterocycles. The Kier molecular flexibility index (Phi) is 6.08. The Morgan fingerprint density at radius 1 is 1.15 bits per heavy atom. The largest absolute Gasteiger partial charge is 0.336 e. The van der Waals surface area contributed by atoms with Gasteiger partial charge in [0.1, 0.15) is 6.04 Å². The third-order valence-corrected chi connectivity index (χ3v) is 5.28. The number of nitrogens with one attached hydrogen (secondary N) is 1. The molecule has 1 atom stereocenters. The Balaban J connectivity index is 1.66. The number of likely N-dealkylation sites (N-methyl/N-ethyl adjacent to an activating group) is 1. The van der Waals surface area contributed by atoms with Gasteiger partial charge in [0.05, 0.1) is 6.42 Å². The third kappa shape index (κ3) is 4.64. The van der Waals surface area contributed by atoms with Gasteiger partial charge in [-0.25, -0.2) is 0 Å². The van der Waals surface area contributed by atoms with Gasteiger partial charge in [0, 0.05) is 24.3 Å². The Labute approximate surface area is 168 Å². The fraction of sp³-hybridized carbons (Fsp3) is 0.250. The van der Waals surface area contributed by atoms with Crippen LogP contribution in [0.5, 0.6) is 0 Å². The fourth-order valence-corrected chi connectivity index (χ4v) is 3.47. The summed E-state index contributed by atoms with van der Waals surface area (Å²) >= 11 is 11.3. The number of para-hydroxylation sites is 1. The van der Waals surface area contributed by atoms with E-state index in [0.29, 0.717) is 28.8 Å². The van der Waals surface area contributed by atoms with Crippen LogP contribution in [0.25, 0.3) is 0 Å². The van der Waals surface area contributed by atoms with Crippen molar-refractivity contribution in [1.82, 2.24) is 9.80 Å². The average Bonchev–Trinajstić information content (AvgIpc) is 2.86. The molecule has 1 fully saturated rings. The highest BCUT2D eigenvalue weighted by Gasteiger charge is 2.41. The second kappa shape index (κ2) is 8.50. The average molecular weight is 402 g/mol. The summed E-state index contributed by atoms with van der Waals surface area (Å²) < 4.78 is 0. The summed E-state index contributed by atoms with van der Waals surface area (Å²) in [4.78, 5) is 28.3. The monoisotopic (exact) mass is 401 g/mol. The Morgan fingerprint density at radius 2 is 1.81 bits per heavy atom. The molecule has 1 N–H and O–H groups in total. The van der Waals surface area contributed by atoms with Crippen molar-refractivity contribution >= 4 is 46.4 Å². The molecule has 1 heterocycles. The molecule has 3 rings (SSSR count). The molecule has 0 saturated carbocycles. The molecule has 1 unspecified atom stereocenters. The van der Waals surface area contributed by atoms with Crippen LogP contribution in [0.15, 0.2) is 54.6 Å². The zero-order valence-corrected chi connectivity index (χ0v) is 16.5. The maximum atomic E-state index is 12.6. The number of thiocarbonyl (C=S) groups is 1. The lowest BCUT2D eigenvalue weighted by Crippen LogP contribution is -2.39. The number of hydrogen-bond acceptors (Lipinski definition) is 3. The maximum Gasteiger partial charge on any atom is 0.251 e. The lowest BCUT2D eigenvalue weighted by Gasteiger charge is -2.23. The molecule has 1 aliphatic rings. The summed E-state index contributed by atoms with van der Waals surface area (Å²) in [6.45, 7) is 0.555. The van der Waals surface area contributed by atoms with Crippen LogP contribution >= 0.6 is 23.8 Å². The quantitative estimate of drug-likeness (QED) is 0.754. The molecule has 2 aromatic rings. The van der Waals surface area contributed by atoms with Crippen molar-refractivity contribution in [2.45, 2.75) is 18.9 Å². The number of rotatable bonds is 6. The van der Waals surface area contributed by atoms with E-state index in [-0.39, 0.29) is 18.2 Å². The van der Waals surface area contributed by atoms with Crippen LogP contribution in [0.4, 0.5) is 5.69 Å². The molecule has 0 bridgehead atoms. The number of nitrogens with zero attached hydrogens (tertiary/aromatic N) is 2. The van der Waals surface area contributed by atoms with Crippen LogP contribution in [-0.4, -0.2) is 46.4 Å². The van der Waals surface area contributed by atoms with E-state index in [9.17, 15) is 9.59 Å². The highest BCUT2D eigenvalue weighted by atomic mass is 35.5. The highest BCUT2D eigenvalue weighted by molar-refractivity contribution is 7.80. The van der Waals surface area contributed by atoms with Crippen LogP contribution in [-0.2, 0) is 16.0 Å². The number of halogens is 1. The van der Waals surface area contributed by atoms with Gasteiger partial charge in [-0.1, -0.05) is 41.9 Å². The lowest BCUT2D eigenvalue weighted by molar-refractivity contribution is -0.130. The standard InChI is InChI=1S/C20H20ClN3O2S/c1-23-19(26)17(13-18(25)22-16-5-3-2-4-6-16)24(20(23)27)12-11-14-7-9-15(21)10-8-14/h2-10,17H,11-13H2,1H3,(H,22,25). The van der Waals surface area contributed by atoms with Crippen molar-refractivity contribution in [1.29, 1.82) is 0 Å². The Hall–Kier alpha value is -2.44. The van der Waals surface area contributed by atoms with Crippen LogP contribution < -0.4 is 5.32 Å². The number of anilines is 1. The molecule has 5 nitrogen and oxygen atoms in total. The summed E-state index contributed by atoms with van der Waals surface area (Å²) in [5.74, 6) is -0.367. The first-order chi connectivity index (χ1) is 13.0. The van der Waals surface area contributed by atoms with E-state index >= 15 is 0 Å². The molecule has 2 aromatic carbocycles. The highest BCUT2D eigenvalue weighted by Crippen LogP contribution is 2.21. The second-order valence-corrected chi connectivity index (χ2v) is 7.19. The summed E-state index contributed by atoms with van der Waals surface area (Å²) in [5, 5.41) is 3.96. The van der Waals surface area contributed by atoms with E-state index in [1.54, 1.807) is 7.05 Å². The van der Waals surface area contributed by atoms with Crippen LogP contribution in [0, 0.1) is 0 Å². The molecular formula is C20H20ClN3O2S. The van der Waals surface area contributed by atoms with Gasteiger partial charge in [0.2, 0.25) is 5.91 Å². The summed E-state index contributed by atoms with van der Waals surface area (Å²) in [6.07, 6.45) is 0.758.